The average Bonchev–Trinajstić information content (AvgIpc) is 2.72. The third-order valence-corrected chi connectivity index (χ3v) is 7.00. The van der Waals surface area contributed by atoms with Gasteiger partial charge in [0.2, 0.25) is 10.0 Å². The Bertz CT molecular complexity index is 849. The van der Waals surface area contributed by atoms with E-state index in [1.165, 1.54) is 4.31 Å². The number of sulfonamides is 1. The second-order valence-corrected chi connectivity index (χ2v) is 8.56. The SMILES string of the molecule is Cc1cc(S(=O)(=O)N2CCc3ccc(O)cc3CC2)ccc1Br. The van der Waals surface area contributed by atoms with E-state index in [0.29, 0.717) is 30.8 Å². The minimum Gasteiger partial charge on any atom is -0.508 e. The molecule has 1 N–H and O–H groups in total. The highest BCUT2D eigenvalue weighted by atomic mass is 79.9. The number of fused-ring (bicyclic) bond motifs is 1. The molecule has 0 saturated heterocycles. The van der Waals surface area contributed by atoms with Gasteiger partial charge in [-0.2, -0.15) is 4.31 Å². The minimum absolute atomic E-state index is 0.226. The van der Waals surface area contributed by atoms with Gasteiger partial charge in [0.15, 0.2) is 0 Å². The van der Waals surface area contributed by atoms with Gasteiger partial charge in [0, 0.05) is 17.6 Å². The van der Waals surface area contributed by atoms with Crippen molar-refractivity contribution < 1.29 is 13.5 Å². The van der Waals surface area contributed by atoms with Crippen molar-refractivity contribution >= 4 is 26.0 Å². The van der Waals surface area contributed by atoms with Crippen LogP contribution in [-0.2, 0) is 22.9 Å². The van der Waals surface area contributed by atoms with E-state index in [-0.39, 0.29) is 5.75 Å². The summed E-state index contributed by atoms with van der Waals surface area (Å²) in [5.74, 6) is 0.226. The van der Waals surface area contributed by atoms with Gasteiger partial charge in [-0.15, -0.1) is 0 Å². The molecule has 0 fully saturated rings. The molecule has 0 unspecified atom stereocenters. The summed E-state index contributed by atoms with van der Waals surface area (Å²) in [4.78, 5) is 0.326. The maximum atomic E-state index is 12.9. The van der Waals surface area contributed by atoms with Crippen LogP contribution >= 0.6 is 15.9 Å². The predicted octanol–water partition coefficient (Wildman–Crippen LogP) is 3.25. The second-order valence-electron chi connectivity index (χ2n) is 5.77. The van der Waals surface area contributed by atoms with Crippen molar-refractivity contribution in [3.05, 3.63) is 57.6 Å². The van der Waals surface area contributed by atoms with Crippen LogP contribution in [-0.4, -0.2) is 30.9 Å². The fraction of sp³-hybridized carbons (Fsp3) is 0.294. The monoisotopic (exact) mass is 395 g/mol. The van der Waals surface area contributed by atoms with Crippen LogP contribution in [0.2, 0.25) is 0 Å². The van der Waals surface area contributed by atoms with Gasteiger partial charge in [-0.05, 0) is 66.8 Å². The summed E-state index contributed by atoms with van der Waals surface area (Å²) in [6.07, 6.45) is 1.27. The minimum atomic E-state index is -3.50. The van der Waals surface area contributed by atoms with Crippen molar-refractivity contribution in [1.82, 2.24) is 4.31 Å². The van der Waals surface area contributed by atoms with Crippen molar-refractivity contribution in [3.63, 3.8) is 0 Å². The quantitative estimate of drug-likeness (QED) is 0.848. The number of aryl methyl sites for hydroxylation is 1. The molecule has 0 amide bonds. The van der Waals surface area contributed by atoms with Crippen LogP contribution in [0.4, 0.5) is 0 Å². The molecule has 0 radical (unpaired) electrons. The van der Waals surface area contributed by atoms with E-state index in [1.807, 2.05) is 13.0 Å². The lowest BCUT2D eigenvalue weighted by Gasteiger charge is -2.20. The number of hydrogen-bond acceptors (Lipinski definition) is 3. The van der Waals surface area contributed by atoms with Gasteiger partial charge in [0.1, 0.15) is 5.75 Å². The fourth-order valence-corrected chi connectivity index (χ4v) is 4.63. The van der Waals surface area contributed by atoms with Gasteiger partial charge >= 0.3 is 0 Å². The Morgan fingerprint density at radius 2 is 1.74 bits per heavy atom. The molecule has 0 aliphatic carbocycles. The van der Waals surface area contributed by atoms with Crippen molar-refractivity contribution in [1.29, 1.82) is 0 Å². The van der Waals surface area contributed by atoms with Crippen LogP contribution in [0.1, 0.15) is 16.7 Å². The maximum Gasteiger partial charge on any atom is 0.243 e. The van der Waals surface area contributed by atoms with E-state index < -0.39 is 10.0 Å². The number of phenolic OH excluding ortho intramolecular Hbond substituents is 1. The Morgan fingerprint density at radius 1 is 1.04 bits per heavy atom. The molecule has 1 aliphatic rings. The Labute approximate surface area is 144 Å². The lowest BCUT2D eigenvalue weighted by molar-refractivity contribution is 0.426. The smallest absolute Gasteiger partial charge is 0.243 e. The van der Waals surface area contributed by atoms with E-state index in [0.717, 1.165) is 21.2 Å². The Balaban J connectivity index is 1.89. The van der Waals surface area contributed by atoms with E-state index in [2.05, 4.69) is 15.9 Å². The lowest BCUT2D eigenvalue weighted by atomic mass is 10.0. The van der Waals surface area contributed by atoms with Gasteiger partial charge in [-0.25, -0.2) is 8.42 Å². The summed E-state index contributed by atoms with van der Waals surface area (Å²) in [5.41, 5.74) is 3.02. The molecule has 0 atom stereocenters. The van der Waals surface area contributed by atoms with Crippen LogP contribution in [0.15, 0.2) is 45.8 Å². The molecule has 2 aromatic carbocycles. The molecule has 23 heavy (non-hydrogen) atoms. The summed E-state index contributed by atoms with van der Waals surface area (Å²) >= 11 is 3.40. The summed E-state index contributed by atoms with van der Waals surface area (Å²) in [5, 5.41) is 9.60. The van der Waals surface area contributed by atoms with Crippen LogP contribution < -0.4 is 0 Å². The topological polar surface area (TPSA) is 57.6 Å². The highest BCUT2D eigenvalue weighted by Crippen LogP contribution is 2.26. The highest BCUT2D eigenvalue weighted by Gasteiger charge is 2.26. The maximum absolute atomic E-state index is 12.9. The van der Waals surface area contributed by atoms with Gasteiger partial charge in [0.25, 0.3) is 0 Å². The van der Waals surface area contributed by atoms with Crippen molar-refractivity contribution in [3.8, 4) is 5.75 Å². The molecule has 0 aromatic heterocycles. The van der Waals surface area contributed by atoms with Gasteiger partial charge in [0.05, 0.1) is 4.90 Å². The molecular weight excluding hydrogens is 378 g/mol. The van der Waals surface area contributed by atoms with Crippen molar-refractivity contribution in [2.24, 2.45) is 0 Å². The molecule has 6 heteroatoms. The molecular formula is C17H18BrNO3S. The lowest BCUT2D eigenvalue weighted by Crippen LogP contribution is -2.33. The zero-order valence-corrected chi connectivity index (χ0v) is 15.2. The Kier molecular flexibility index (Phi) is 4.49. The Morgan fingerprint density at radius 3 is 2.43 bits per heavy atom. The van der Waals surface area contributed by atoms with E-state index in [1.54, 1.807) is 30.3 Å². The zero-order chi connectivity index (χ0) is 16.6. The third-order valence-electron chi connectivity index (χ3n) is 4.22. The zero-order valence-electron chi connectivity index (χ0n) is 12.8. The van der Waals surface area contributed by atoms with Crippen molar-refractivity contribution in [2.75, 3.05) is 13.1 Å². The van der Waals surface area contributed by atoms with E-state index in [9.17, 15) is 13.5 Å². The molecule has 0 bridgehead atoms. The first-order valence-corrected chi connectivity index (χ1v) is 9.68. The molecule has 4 nitrogen and oxygen atoms in total. The van der Waals surface area contributed by atoms with Crippen LogP contribution in [0.5, 0.6) is 5.75 Å². The molecule has 122 valence electrons. The summed E-state index contributed by atoms with van der Waals surface area (Å²) in [7, 11) is -3.50. The van der Waals surface area contributed by atoms with Gasteiger partial charge in [-0.3, -0.25) is 0 Å². The summed E-state index contributed by atoms with van der Waals surface area (Å²) < 4.78 is 28.2. The van der Waals surface area contributed by atoms with E-state index in [4.69, 9.17) is 0 Å². The first kappa shape index (κ1) is 16.5. The number of aromatic hydroxyl groups is 1. The number of nitrogens with zero attached hydrogens (tertiary/aromatic N) is 1. The Hall–Kier alpha value is -1.37. The second kappa shape index (κ2) is 6.26. The molecule has 1 aliphatic heterocycles. The molecule has 0 saturated carbocycles. The van der Waals surface area contributed by atoms with E-state index >= 15 is 0 Å². The third kappa shape index (κ3) is 3.29. The standard InChI is InChI=1S/C17H18BrNO3S/c1-12-10-16(4-5-17(12)18)23(21,22)19-8-6-13-2-3-15(20)11-14(13)7-9-19/h2-5,10-11,20H,6-9H2,1H3. The number of hydrogen-bond donors (Lipinski definition) is 1. The van der Waals surface area contributed by atoms with Crippen molar-refractivity contribution in [2.45, 2.75) is 24.7 Å². The molecule has 2 aromatic rings. The van der Waals surface area contributed by atoms with Gasteiger partial charge in [-0.1, -0.05) is 22.0 Å². The van der Waals surface area contributed by atoms with Gasteiger partial charge < -0.3 is 5.11 Å². The first-order chi connectivity index (χ1) is 10.9. The number of phenols is 1. The molecule has 3 rings (SSSR count). The fourth-order valence-electron chi connectivity index (χ4n) is 2.86. The van der Waals surface area contributed by atoms with Crippen LogP contribution in [0.25, 0.3) is 0 Å². The molecule has 1 heterocycles. The number of halogens is 1. The van der Waals surface area contributed by atoms with Crippen LogP contribution in [0, 0.1) is 6.92 Å². The molecule has 0 spiro atoms. The van der Waals surface area contributed by atoms with Crippen LogP contribution in [0.3, 0.4) is 0 Å². The first-order valence-electron chi connectivity index (χ1n) is 7.45. The summed E-state index contributed by atoms with van der Waals surface area (Å²) in [6.45, 7) is 2.76. The average molecular weight is 396 g/mol. The summed E-state index contributed by atoms with van der Waals surface area (Å²) in [6, 6.07) is 10.4. The predicted molar refractivity (Wildman–Crippen MR) is 93.2 cm³/mol. The number of benzene rings is 2. The largest absolute Gasteiger partial charge is 0.508 e. The highest BCUT2D eigenvalue weighted by molar-refractivity contribution is 9.10. The number of rotatable bonds is 2. The normalized spacial score (nSPS) is 15.9.